The monoisotopic (exact) mass is 158 g/mol. The van der Waals surface area contributed by atoms with Crippen LogP contribution in [0.3, 0.4) is 0 Å². The molecule has 0 bridgehead atoms. The van der Waals surface area contributed by atoms with Crippen molar-refractivity contribution < 1.29 is 9.47 Å². The van der Waals surface area contributed by atoms with E-state index in [-0.39, 0.29) is 0 Å². The second kappa shape index (κ2) is 4.73. The summed E-state index contributed by atoms with van der Waals surface area (Å²) in [4.78, 5) is 0. The molecule has 1 saturated heterocycles. The van der Waals surface area contributed by atoms with Crippen LogP contribution >= 0.6 is 0 Å². The summed E-state index contributed by atoms with van der Waals surface area (Å²) in [6.07, 6.45) is 4.54. The summed E-state index contributed by atoms with van der Waals surface area (Å²) >= 11 is 0. The van der Waals surface area contributed by atoms with Gasteiger partial charge in [-0.3, -0.25) is 0 Å². The molecule has 0 N–H and O–H groups in total. The number of rotatable bonds is 6. The average Bonchev–Trinajstić information content (AvgIpc) is 2.80. The van der Waals surface area contributed by atoms with Crippen LogP contribution < -0.4 is 0 Å². The highest BCUT2D eigenvalue weighted by Crippen LogP contribution is 2.11. The molecule has 2 nitrogen and oxygen atoms in total. The second-order valence-electron chi connectivity index (χ2n) is 3.24. The molecular formula is C9H18O2. The van der Waals surface area contributed by atoms with Crippen LogP contribution in [0.2, 0.25) is 0 Å². The lowest BCUT2D eigenvalue weighted by molar-refractivity contribution is 0.0479. The van der Waals surface area contributed by atoms with Crippen molar-refractivity contribution in [2.75, 3.05) is 13.2 Å². The van der Waals surface area contributed by atoms with E-state index in [1.165, 1.54) is 19.3 Å². The van der Waals surface area contributed by atoms with E-state index in [1.54, 1.807) is 0 Å². The summed E-state index contributed by atoms with van der Waals surface area (Å²) < 4.78 is 10.6. The van der Waals surface area contributed by atoms with E-state index < -0.39 is 0 Å². The van der Waals surface area contributed by atoms with E-state index >= 15 is 0 Å². The topological polar surface area (TPSA) is 21.8 Å². The van der Waals surface area contributed by atoms with Crippen molar-refractivity contribution in [3.63, 3.8) is 0 Å². The normalized spacial score (nSPS) is 25.1. The molecule has 0 aromatic carbocycles. The SMILES string of the molecule is CCCCC(C)OCC1CO1. The molecule has 0 aliphatic carbocycles. The minimum absolute atomic E-state index is 0.416. The predicted molar refractivity (Wildman–Crippen MR) is 44.7 cm³/mol. The van der Waals surface area contributed by atoms with E-state index in [2.05, 4.69) is 13.8 Å². The maximum absolute atomic E-state index is 5.54. The molecule has 0 aromatic heterocycles. The molecule has 0 radical (unpaired) electrons. The Bertz CT molecular complexity index is 99.7. The molecule has 0 saturated carbocycles. The van der Waals surface area contributed by atoms with Crippen LogP contribution in [0.4, 0.5) is 0 Å². The van der Waals surface area contributed by atoms with Gasteiger partial charge in [-0.25, -0.2) is 0 Å². The van der Waals surface area contributed by atoms with Crippen LogP contribution in [0.1, 0.15) is 33.1 Å². The fourth-order valence-corrected chi connectivity index (χ4v) is 1.01. The molecule has 0 spiro atoms. The average molecular weight is 158 g/mol. The lowest BCUT2D eigenvalue weighted by Crippen LogP contribution is -2.12. The Balaban J connectivity index is 1.87. The fraction of sp³-hybridized carbons (Fsp3) is 1.00. The summed E-state index contributed by atoms with van der Waals surface area (Å²) in [7, 11) is 0. The minimum Gasteiger partial charge on any atom is -0.376 e. The minimum atomic E-state index is 0.416. The van der Waals surface area contributed by atoms with Crippen molar-refractivity contribution in [3.05, 3.63) is 0 Å². The molecule has 0 amide bonds. The van der Waals surface area contributed by atoms with Crippen molar-refractivity contribution in [2.24, 2.45) is 0 Å². The maximum atomic E-state index is 5.54. The van der Waals surface area contributed by atoms with Crippen LogP contribution in [0.25, 0.3) is 0 Å². The van der Waals surface area contributed by atoms with Gasteiger partial charge in [-0.05, 0) is 13.3 Å². The van der Waals surface area contributed by atoms with Crippen LogP contribution in [0.5, 0.6) is 0 Å². The van der Waals surface area contributed by atoms with Gasteiger partial charge in [0.25, 0.3) is 0 Å². The molecule has 11 heavy (non-hydrogen) atoms. The molecule has 2 unspecified atom stereocenters. The number of unbranched alkanes of at least 4 members (excludes halogenated alkanes) is 1. The predicted octanol–water partition coefficient (Wildman–Crippen LogP) is 1.98. The third-order valence-electron chi connectivity index (χ3n) is 1.93. The lowest BCUT2D eigenvalue weighted by Gasteiger charge is -2.10. The first-order valence-corrected chi connectivity index (χ1v) is 4.56. The third-order valence-corrected chi connectivity index (χ3v) is 1.93. The number of ether oxygens (including phenoxy) is 2. The van der Waals surface area contributed by atoms with Crippen molar-refractivity contribution >= 4 is 0 Å². The van der Waals surface area contributed by atoms with E-state index in [9.17, 15) is 0 Å². The van der Waals surface area contributed by atoms with Gasteiger partial charge in [0.15, 0.2) is 0 Å². The van der Waals surface area contributed by atoms with Crippen molar-refractivity contribution in [1.82, 2.24) is 0 Å². The van der Waals surface area contributed by atoms with Crippen LogP contribution in [0.15, 0.2) is 0 Å². The van der Waals surface area contributed by atoms with E-state index in [0.29, 0.717) is 12.2 Å². The molecule has 1 fully saturated rings. The first-order valence-electron chi connectivity index (χ1n) is 4.56. The third kappa shape index (κ3) is 4.38. The van der Waals surface area contributed by atoms with Crippen molar-refractivity contribution in [1.29, 1.82) is 0 Å². The van der Waals surface area contributed by atoms with E-state index in [0.717, 1.165) is 13.2 Å². The second-order valence-corrected chi connectivity index (χ2v) is 3.24. The van der Waals surface area contributed by atoms with Gasteiger partial charge in [-0.15, -0.1) is 0 Å². The van der Waals surface area contributed by atoms with Crippen LogP contribution in [-0.4, -0.2) is 25.4 Å². The molecule has 2 heteroatoms. The van der Waals surface area contributed by atoms with E-state index in [4.69, 9.17) is 9.47 Å². The molecule has 1 rings (SSSR count). The Morgan fingerprint density at radius 2 is 2.36 bits per heavy atom. The molecule has 1 aliphatic heterocycles. The zero-order valence-corrected chi connectivity index (χ0v) is 7.51. The first-order chi connectivity index (χ1) is 5.33. The van der Waals surface area contributed by atoms with Crippen LogP contribution in [0, 0.1) is 0 Å². The molecule has 66 valence electrons. The quantitative estimate of drug-likeness (QED) is 0.551. The Morgan fingerprint density at radius 3 is 2.91 bits per heavy atom. The van der Waals surface area contributed by atoms with Gasteiger partial charge in [-0.2, -0.15) is 0 Å². The Morgan fingerprint density at radius 1 is 1.64 bits per heavy atom. The van der Waals surface area contributed by atoms with Gasteiger partial charge in [0.1, 0.15) is 6.10 Å². The van der Waals surface area contributed by atoms with Gasteiger partial charge in [0, 0.05) is 0 Å². The summed E-state index contributed by atoms with van der Waals surface area (Å²) in [5.41, 5.74) is 0. The Kier molecular flexibility index (Phi) is 3.87. The van der Waals surface area contributed by atoms with Gasteiger partial charge in [-0.1, -0.05) is 19.8 Å². The van der Waals surface area contributed by atoms with Crippen molar-refractivity contribution in [2.45, 2.75) is 45.3 Å². The smallest absolute Gasteiger partial charge is 0.104 e. The lowest BCUT2D eigenvalue weighted by atomic mass is 10.2. The molecule has 0 aromatic rings. The molecule has 1 aliphatic rings. The van der Waals surface area contributed by atoms with Gasteiger partial charge >= 0.3 is 0 Å². The standard InChI is InChI=1S/C9H18O2/c1-3-4-5-8(2)10-6-9-7-11-9/h8-9H,3-7H2,1-2H3. The zero-order valence-electron chi connectivity index (χ0n) is 7.51. The summed E-state index contributed by atoms with van der Waals surface area (Å²) in [5.74, 6) is 0. The molecule has 1 heterocycles. The Labute approximate surface area is 68.9 Å². The summed E-state index contributed by atoms with van der Waals surface area (Å²) in [6, 6.07) is 0. The van der Waals surface area contributed by atoms with Gasteiger partial charge in [0.05, 0.1) is 19.3 Å². The number of epoxide rings is 1. The highest BCUT2D eigenvalue weighted by Gasteiger charge is 2.23. The number of hydrogen-bond donors (Lipinski definition) is 0. The number of hydrogen-bond acceptors (Lipinski definition) is 2. The Hall–Kier alpha value is -0.0800. The van der Waals surface area contributed by atoms with Gasteiger partial charge < -0.3 is 9.47 Å². The zero-order chi connectivity index (χ0) is 8.10. The highest BCUT2D eigenvalue weighted by molar-refractivity contribution is 4.68. The van der Waals surface area contributed by atoms with Crippen molar-refractivity contribution in [3.8, 4) is 0 Å². The molecular weight excluding hydrogens is 140 g/mol. The summed E-state index contributed by atoms with van der Waals surface area (Å²) in [6.45, 7) is 6.04. The fourth-order valence-electron chi connectivity index (χ4n) is 1.01. The highest BCUT2D eigenvalue weighted by atomic mass is 16.6. The molecule has 2 atom stereocenters. The largest absolute Gasteiger partial charge is 0.376 e. The first kappa shape index (κ1) is 9.01. The van der Waals surface area contributed by atoms with E-state index in [1.807, 2.05) is 0 Å². The van der Waals surface area contributed by atoms with Gasteiger partial charge in [0.2, 0.25) is 0 Å². The maximum Gasteiger partial charge on any atom is 0.104 e. The summed E-state index contributed by atoms with van der Waals surface area (Å²) in [5, 5.41) is 0. The van der Waals surface area contributed by atoms with Crippen LogP contribution in [-0.2, 0) is 9.47 Å².